The van der Waals surface area contributed by atoms with Crippen LogP contribution < -0.4 is 5.32 Å². The Labute approximate surface area is 88.4 Å². The third-order valence-corrected chi connectivity index (χ3v) is 3.28. The van der Waals surface area contributed by atoms with Crippen molar-refractivity contribution in [2.75, 3.05) is 13.7 Å². The lowest BCUT2D eigenvalue weighted by Crippen LogP contribution is -2.54. The van der Waals surface area contributed by atoms with Crippen LogP contribution in [-0.2, 0) is 4.74 Å². The average molecular weight is 199 g/mol. The van der Waals surface area contributed by atoms with E-state index in [1.165, 1.54) is 38.5 Å². The maximum Gasteiger partial charge on any atom is 0.0616 e. The quantitative estimate of drug-likeness (QED) is 0.680. The van der Waals surface area contributed by atoms with Crippen LogP contribution in [-0.4, -0.2) is 25.3 Å². The van der Waals surface area contributed by atoms with Crippen LogP contribution >= 0.6 is 0 Å². The zero-order valence-electron chi connectivity index (χ0n) is 9.94. The van der Waals surface area contributed by atoms with Crippen molar-refractivity contribution in [2.45, 2.75) is 64.0 Å². The van der Waals surface area contributed by atoms with Gasteiger partial charge in [0.1, 0.15) is 0 Å². The molecule has 1 N–H and O–H groups in total. The summed E-state index contributed by atoms with van der Waals surface area (Å²) >= 11 is 0. The summed E-state index contributed by atoms with van der Waals surface area (Å²) in [5.41, 5.74) is 0.414. The van der Waals surface area contributed by atoms with Crippen molar-refractivity contribution in [1.82, 2.24) is 5.32 Å². The molecular formula is C12H25NO. The lowest BCUT2D eigenvalue weighted by atomic mass is 9.78. The number of hydrogen-bond acceptors (Lipinski definition) is 2. The summed E-state index contributed by atoms with van der Waals surface area (Å²) in [5.74, 6) is 0. The molecule has 1 fully saturated rings. The molecule has 0 heterocycles. The van der Waals surface area contributed by atoms with Crippen LogP contribution in [0.4, 0.5) is 0 Å². The summed E-state index contributed by atoms with van der Waals surface area (Å²) in [4.78, 5) is 0. The van der Waals surface area contributed by atoms with Gasteiger partial charge in [-0.2, -0.15) is 0 Å². The molecule has 1 aliphatic rings. The topological polar surface area (TPSA) is 21.3 Å². The van der Waals surface area contributed by atoms with Crippen LogP contribution in [0.15, 0.2) is 0 Å². The van der Waals surface area contributed by atoms with E-state index in [2.05, 4.69) is 19.2 Å². The molecule has 0 aromatic rings. The standard InChI is InChI=1S/C12H25NO/c1-4-5-7-11(10-14-3)13-12(2)8-6-9-12/h11,13H,4-10H2,1-3H3. The van der Waals surface area contributed by atoms with Gasteiger partial charge in [0.15, 0.2) is 0 Å². The summed E-state index contributed by atoms with van der Waals surface area (Å²) in [5, 5.41) is 3.74. The van der Waals surface area contributed by atoms with Gasteiger partial charge in [-0.3, -0.25) is 0 Å². The molecule has 1 saturated carbocycles. The number of nitrogens with one attached hydrogen (secondary N) is 1. The summed E-state index contributed by atoms with van der Waals surface area (Å²) in [6.07, 6.45) is 7.88. The van der Waals surface area contributed by atoms with E-state index in [0.717, 1.165) is 6.61 Å². The smallest absolute Gasteiger partial charge is 0.0616 e. The summed E-state index contributed by atoms with van der Waals surface area (Å²) < 4.78 is 5.25. The van der Waals surface area contributed by atoms with E-state index in [-0.39, 0.29) is 0 Å². The molecule has 0 radical (unpaired) electrons. The average Bonchev–Trinajstić information content (AvgIpc) is 2.12. The van der Waals surface area contributed by atoms with Crippen LogP contribution in [0.1, 0.15) is 52.4 Å². The summed E-state index contributed by atoms with van der Waals surface area (Å²) in [6.45, 7) is 5.44. The van der Waals surface area contributed by atoms with Crippen LogP contribution in [0.25, 0.3) is 0 Å². The minimum Gasteiger partial charge on any atom is -0.383 e. The zero-order valence-corrected chi connectivity index (χ0v) is 9.94. The Morgan fingerprint density at radius 2 is 2.14 bits per heavy atom. The zero-order chi connectivity index (χ0) is 10.4. The number of ether oxygens (including phenoxy) is 1. The lowest BCUT2D eigenvalue weighted by molar-refractivity contribution is 0.113. The molecule has 0 aliphatic heterocycles. The molecule has 0 spiro atoms. The van der Waals surface area contributed by atoms with E-state index in [1.54, 1.807) is 7.11 Å². The second-order valence-corrected chi connectivity index (χ2v) is 4.85. The second kappa shape index (κ2) is 5.72. The first-order valence-electron chi connectivity index (χ1n) is 5.97. The van der Waals surface area contributed by atoms with Gasteiger partial charge < -0.3 is 10.1 Å². The number of unbranched alkanes of at least 4 members (excludes halogenated alkanes) is 1. The second-order valence-electron chi connectivity index (χ2n) is 4.85. The highest BCUT2D eigenvalue weighted by molar-refractivity contribution is 4.93. The highest BCUT2D eigenvalue weighted by atomic mass is 16.5. The van der Waals surface area contributed by atoms with Crippen molar-refractivity contribution >= 4 is 0 Å². The molecule has 1 rings (SSSR count). The highest BCUT2D eigenvalue weighted by Crippen LogP contribution is 2.31. The SMILES string of the molecule is CCCCC(COC)NC1(C)CCC1. The number of hydrogen-bond donors (Lipinski definition) is 1. The summed E-state index contributed by atoms with van der Waals surface area (Å²) in [6, 6.07) is 0.560. The molecule has 0 aromatic heterocycles. The molecule has 1 atom stereocenters. The third-order valence-electron chi connectivity index (χ3n) is 3.28. The van der Waals surface area contributed by atoms with E-state index in [9.17, 15) is 0 Å². The largest absolute Gasteiger partial charge is 0.383 e. The highest BCUT2D eigenvalue weighted by Gasteiger charge is 2.33. The first kappa shape index (κ1) is 12.0. The van der Waals surface area contributed by atoms with Crippen molar-refractivity contribution in [3.05, 3.63) is 0 Å². The molecule has 0 aromatic carbocycles. The predicted octanol–water partition coefficient (Wildman–Crippen LogP) is 2.72. The molecule has 0 bridgehead atoms. The first-order chi connectivity index (χ1) is 6.70. The van der Waals surface area contributed by atoms with E-state index in [1.807, 2.05) is 0 Å². The van der Waals surface area contributed by atoms with E-state index in [0.29, 0.717) is 11.6 Å². The molecule has 0 saturated heterocycles. The van der Waals surface area contributed by atoms with Crippen molar-refractivity contribution in [2.24, 2.45) is 0 Å². The Hall–Kier alpha value is -0.0800. The van der Waals surface area contributed by atoms with Gasteiger partial charge in [-0.15, -0.1) is 0 Å². The van der Waals surface area contributed by atoms with Gasteiger partial charge in [-0.05, 0) is 32.6 Å². The summed E-state index contributed by atoms with van der Waals surface area (Å²) in [7, 11) is 1.80. The Morgan fingerprint density at radius 3 is 2.57 bits per heavy atom. The van der Waals surface area contributed by atoms with Crippen LogP contribution in [0, 0.1) is 0 Å². The Kier molecular flexibility index (Phi) is 4.90. The fourth-order valence-corrected chi connectivity index (χ4v) is 2.19. The van der Waals surface area contributed by atoms with Gasteiger partial charge >= 0.3 is 0 Å². The van der Waals surface area contributed by atoms with Crippen LogP contribution in [0.5, 0.6) is 0 Å². The Balaban J connectivity index is 2.26. The van der Waals surface area contributed by atoms with Gasteiger partial charge in [-0.1, -0.05) is 19.8 Å². The van der Waals surface area contributed by atoms with Gasteiger partial charge in [-0.25, -0.2) is 0 Å². The maximum absolute atomic E-state index is 5.25. The van der Waals surface area contributed by atoms with Crippen molar-refractivity contribution in [3.8, 4) is 0 Å². The minimum absolute atomic E-state index is 0.414. The van der Waals surface area contributed by atoms with Crippen LogP contribution in [0.2, 0.25) is 0 Å². The monoisotopic (exact) mass is 199 g/mol. The predicted molar refractivity (Wildman–Crippen MR) is 60.6 cm³/mol. The maximum atomic E-state index is 5.25. The van der Waals surface area contributed by atoms with E-state index in [4.69, 9.17) is 4.74 Å². The van der Waals surface area contributed by atoms with Crippen molar-refractivity contribution in [3.63, 3.8) is 0 Å². The molecule has 0 amide bonds. The Morgan fingerprint density at radius 1 is 1.43 bits per heavy atom. The van der Waals surface area contributed by atoms with E-state index >= 15 is 0 Å². The lowest BCUT2D eigenvalue weighted by Gasteiger charge is -2.42. The van der Waals surface area contributed by atoms with Gasteiger partial charge in [0, 0.05) is 18.7 Å². The van der Waals surface area contributed by atoms with Crippen LogP contribution in [0.3, 0.4) is 0 Å². The Bertz CT molecular complexity index is 154. The number of methoxy groups -OCH3 is 1. The molecule has 1 aliphatic carbocycles. The minimum atomic E-state index is 0.414. The molecular weight excluding hydrogens is 174 g/mol. The van der Waals surface area contributed by atoms with E-state index < -0.39 is 0 Å². The molecule has 1 unspecified atom stereocenters. The third kappa shape index (κ3) is 3.58. The van der Waals surface area contributed by atoms with Gasteiger partial charge in [0.05, 0.1) is 6.61 Å². The first-order valence-corrected chi connectivity index (χ1v) is 5.97. The normalized spacial score (nSPS) is 21.6. The fraction of sp³-hybridized carbons (Fsp3) is 1.00. The number of rotatable bonds is 7. The van der Waals surface area contributed by atoms with Crippen molar-refractivity contribution in [1.29, 1.82) is 0 Å². The van der Waals surface area contributed by atoms with Crippen molar-refractivity contribution < 1.29 is 4.74 Å². The molecule has 2 nitrogen and oxygen atoms in total. The van der Waals surface area contributed by atoms with Gasteiger partial charge in [0.25, 0.3) is 0 Å². The molecule has 84 valence electrons. The molecule has 14 heavy (non-hydrogen) atoms. The molecule has 2 heteroatoms. The van der Waals surface area contributed by atoms with Gasteiger partial charge in [0.2, 0.25) is 0 Å². The fourth-order valence-electron chi connectivity index (χ4n) is 2.19.